The summed E-state index contributed by atoms with van der Waals surface area (Å²) in [5.74, 6) is 0.558. The number of hydrogen-bond acceptors (Lipinski definition) is 7. The minimum Gasteiger partial charge on any atom is -0.497 e. The van der Waals surface area contributed by atoms with Crippen molar-refractivity contribution >= 4 is 46.9 Å². The molecular weight excluding hydrogens is 530 g/mol. The smallest absolute Gasteiger partial charge is 0.272 e. The van der Waals surface area contributed by atoms with Gasteiger partial charge in [-0.15, -0.1) is 11.8 Å². The van der Waals surface area contributed by atoms with Gasteiger partial charge in [0.1, 0.15) is 23.0 Å². The van der Waals surface area contributed by atoms with E-state index < -0.39 is 11.8 Å². The zero-order valence-corrected chi connectivity index (χ0v) is 22.6. The maximum absolute atomic E-state index is 13.1. The third-order valence-electron chi connectivity index (χ3n) is 5.52. The molecule has 3 aromatic carbocycles. The highest BCUT2D eigenvalue weighted by Gasteiger charge is 2.16. The molecule has 0 spiro atoms. The summed E-state index contributed by atoms with van der Waals surface area (Å²) in [6.45, 7) is 0. The van der Waals surface area contributed by atoms with Crippen LogP contribution in [0.1, 0.15) is 16.1 Å². The lowest BCUT2D eigenvalue weighted by Crippen LogP contribution is -2.30. The summed E-state index contributed by atoms with van der Waals surface area (Å²) in [6, 6.07) is 24.1. The molecule has 0 saturated carbocycles. The molecule has 4 aromatic rings. The molecule has 0 aliphatic rings. The average molecular weight is 558 g/mol. The predicted octanol–water partition coefficient (Wildman–Crippen LogP) is 5.44. The Morgan fingerprint density at radius 1 is 0.875 bits per heavy atom. The number of benzene rings is 3. The van der Waals surface area contributed by atoms with Gasteiger partial charge in [0.05, 0.1) is 31.9 Å². The number of hydrogen-bond donors (Lipinski definition) is 3. The van der Waals surface area contributed by atoms with Crippen molar-refractivity contribution < 1.29 is 28.3 Å². The van der Waals surface area contributed by atoms with Crippen molar-refractivity contribution in [3.05, 3.63) is 108 Å². The standard InChI is InChI=1S/C30H27N3O6S/c1-37-22-12-15-25(27(18-22)38-2)32-28(34)19-40-24-13-10-21(11-14-24)31-30(36)26(17-23-9-6-16-39-23)33-29(35)20-7-4-3-5-8-20/h3-18H,19H2,1-2H3,(H,31,36)(H,32,34)(H,33,35)/b26-17-. The Labute approximate surface area is 235 Å². The molecule has 0 fully saturated rings. The number of furan rings is 1. The SMILES string of the molecule is COc1ccc(NC(=O)CSc2ccc(NC(=O)/C(=C/c3ccco3)NC(=O)c3ccccc3)cc2)c(OC)c1. The Kier molecular flexibility index (Phi) is 9.62. The maximum Gasteiger partial charge on any atom is 0.272 e. The van der Waals surface area contributed by atoms with Gasteiger partial charge < -0.3 is 29.8 Å². The normalized spacial score (nSPS) is 10.9. The van der Waals surface area contributed by atoms with Crippen LogP contribution in [-0.2, 0) is 9.59 Å². The molecule has 0 aliphatic carbocycles. The minimum absolute atomic E-state index is 0.0212. The van der Waals surface area contributed by atoms with E-state index in [2.05, 4.69) is 16.0 Å². The van der Waals surface area contributed by atoms with Crippen molar-refractivity contribution in [1.29, 1.82) is 0 Å². The molecule has 40 heavy (non-hydrogen) atoms. The van der Waals surface area contributed by atoms with Gasteiger partial charge in [0.2, 0.25) is 5.91 Å². The van der Waals surface area contributed by atoms with Crippen LogP contribution in [0.4, 0.5) is 11.4 Å². The molecule has 0 atom stereocenters. The number of carbonyl (C=O) groups excluding carboxylic acids is 3. The van der Waals surface area contributed by atoms with E-state index in [1.54, 1.807) is 92.0 Å². The van der Waals surface area contributed by atoms with Crippen molar-refractivity contribution in [2.45, 2.75) is 4.90 Å². The Hall–Kier alpha value is -4.96. The first-order valence-electron chi connectivity index (χ1n) is 12.1. The van der Waals surface area contributed by atoms with E-state index in [1.807, 2.05) is 0 Å². The van der Waals surface area contributed by atoms with Gasteiger partial charge in [-0.1, -0.05) is 18.2 Å². The quantitative estimate of drug-likeness (QED) is 0.166. The average Bonchev–Trinajstić information content (AvgIpc) is 3.50. The first kappa shape index (κ1) is 28.1. The number of amides is 3. The van der Waals surface area contributed by atoms with Crippen molar-refractivity contribution in [2.75, 3.05) is 30.6 Å². The topological polar surface area (TPSA) is 119 Å². The first-order valence-corrected chi connectivity index (χ1v) is 13.1. The minimum atomic E-state index is -0.520. The molecule has 3 N–H and O–H groups in total. The van der Waals surface area contributed by atoms with E-state index in [0.29, 0.717) is 34.2 Å². The maximum atomic E-state index is 13.1. The van der Waals surface area contributed by atoms with Gasteiger partial charge in [-0.05, 0) is 60.7 Å². The lowest BCUT2D eigenvalue weighted by molar-refractivity contribution is -0.114. The van der Waals surface area contributed by atoms with Crippen LogP contribution in [0.2, 0.25) is 0 Å². The van der Waals surface area contributed by atoms with Crippen LogP contribution in [-0.4, -0.2) is 37.7 Å². The third kappa shape index (κ3) is 7.78. The molecule has 0 bridgehead atoms. The second kappa shape index (κ2) is 13.7. The number of rotatable bonds is 11. The molecule has 10 heteroatoms. The lowest BCUT2D eigenvalue weighted by Gasteiger charge is -2.12. The van der Waals surface area contributed by atoms with Crippen LogP contribution in [0.5, 0.6) is 11.5 Å². The van der Waals surface area contributed by atoms with E-state index in [1.165, 1.54) is 31.2 Å². The van der Waals surface area contributed by atoms with Gasteiger partial charge in [0, 0.05) is 28.3 Å². The fourth-order valence-corrected chi connectivity index (χ4v) is 4.23. The summed E-state index contributed by atoms with van der Waals surface area (Å²) < 4.78 is 15.8. The van der Waals surface area contributed by atoms with E-state index in [-0.39, 0.29) is 17.4 Å². The number of anilines is 2. The third-order valence-corrected chi connectivity index (χ3v) is 6.54. The van der Waals surface area contributed by atoms with Crippen LogP contribution < -0.4 is 25.4 Å². The summed E-state index contributed by atoms with van der Waals surface area (Å²) in [5, 5.41) is 8.27. The largest absolute Gasteiger partial charge is 0.497 e. The molecule has 0 aliphatic heterocycles. The molecule has 1 heterocycles. The Balaban J connectivity index is 1.36. The summed E-state index contributed by atoms with van der Waals surface area (Å²) in [5.41, 5.74) is 1.50. The first-order chi connectivity index (χ1) is 19.4. The molecular formula is C30H27N3O6S. The zero-order valence-electron chi connectivity index (χ0n) is 21.8. The number of carbonyl (C=O) groups is 3. The summed E-state index contributed by atoms with van der Waals surface area (Å²) in [6.07, 6.45) is 2.93. The zero-order chi connectivity index (χ0) is 28.3. The van der Waals surface area contributed by atoms with Gasteiger partial charge in [-0.25, -0.2) is 0 Å². The number of thioether (sulfide) groups is 1. The van der Waals surface area contributed by atoms with Gasteiger partial charge in [-0.2, -0.15) is 0 Å². The molecule has 0 radical (unpaired) electrons. The molecule has 0 saturated heterocycles. The van der Waals surface area contributed by atoms with Gasteiger partial charge in [0.15, 0.2) is 0 Å². The molecule has 9 nitrogen and oxygen atoms in total. The number of methoxy groups -OCH3 is 2. The Morgan fingerprint density at radius 3 is 2.33 bits per heavy atom. The monoisotopic (exact) mass is 557 g/mol. The van der Waals surface area contributed by atoms with Crippen LogP contribution in [0.3, 0.4) is 0 Å². The summed E-state index contributed by atoms with van der Waals surface area (Å²) in [7, 11) is 3.08. The highest BCUT2D eigenvalue weighted by atomic mass is 32.2. The van der Waals surface area contributed by atoms with Gasteiger partial charge in [-0.3, -0.25) is 14.4 Å². The number of ether oxygens (including phenoxy) is 2. The van der Waals surface area contributed by atoms with Crippen LogP contribution in [0, 0.1) is 0 Å². The Morgan fingerprint density at radius 2 is 1.65 bits per heavy atom. The van der Waals surface area contributed by atoms with Crippen LogP contribution >= 0.6 is 11.8 Å². The fraction of sp³-hybridized carbons (Fsp3) is 0.100. The van der Waals surface area contributed by atoms with Crippen molar-refractivity contribution in [3.8, 4) is 11.5 Å². The number of nitrogens with one attached hydrogen (secondary N) is 3. The van der Waals surface area contributed by atoms with Crippen molar-refractivity contribution in [1.82, 2.24) is 5.32 Å². The highest BCUT2D eigenvalue weighted by molar-refractivity contribution is 8.00. The molecule has 3 amide bonds. The van der Waals surface area contributed by atoms with Crippen molar-refractivity contribution in [3.63, 3.8) is 0 Å². The predicted molar refractivity (Wildman–Crippen MR) is 155 cm³/mol. The molecule has 4 rings (SSSR count). The molecule has 204 valence electrons. The van der Waals surface area contributed by atoms with E-state index in [0.717, 1.165) is 4.90 Å². The second-order valence-corrected chi connectivity index (χ2v) is 9.32. The molecule has 0 unspecified atom stereocenters. The summed E-state index contributed by atoms with van der Waals surface area (Å²) >= 11 is 1.34. The van der Waals surface area contributed by atoms with E-state index in [9.17, 15) is 14.4 Å². The summed E-state index contributed by atoms with van der Waals surface area (Å²) in [4.78, 5) is 39.1. The second-order valence-electron chi connectivity index (χ2n) is 8.28. The van der Waals surface area contributed by atoms with Gasteiger partial charge in [0.25, 0.3) is 11.8 Å². The highest BCUT2D eigenvalue weighted by Crippen LogP contribution is 2.29. The van der Waals surface area contributed by atoms with Crippen LogP contribution in [0.15, 0.2) is 106 Å². The van der Waals surface area contributed by atoms with Gasteiger partial charge >= 0.3 is 0 Å². The lowest BCUT2D eigenvalue weighted by atomic mass is 10.2. The Bertz CT molecular complexity index is 1490. The van der Waals surface area contributed by atoms with E-state index >= 15 is 0 Å². The van der Waals surface area contributed by atoms with Crippen LogP contribution in [0.25, 0.3) is 6.08 Å². The van der Waals surface area contributed by atoms with Crippen molar-refractivity contribution in [2.24, 2.45) is 0 Å². The van der Waals surface area contributed by atoms with E-state index in [4.69, 9.17) is 13.9 Å². The molecule has 1 aromatic heterocycles. The fourth-order valence-electron chi connectivity index (χ4n) is 3.53.